The van der Waals surface area contributed by atoms with Crippen LogP contribution < -0.4 is 15.1 Å². The predicted molar refractivity (Wildman–Crippen MR) is 214 cm³/mol. The van der Waals surface area contributed by atoms with E-state index in [0.29, 0.717) is 40.8 Å². The molecular formula is C41H42N12O3. The molecule has 0 radical (unpaired) electrons. The number of likely N-dealkylation sites (N-methyl/N-ethyl adjacent to an activating group) is 2. The topological polar surface area (TPSA) is 183 Å². The number of anilines is 2. The first-order valence-electron chi connectivity index (χ1n) is 18.7. The number of piperidine rings is 1. The van der Waals surface area contributed by atoms with Gasteiger partial charge in [-0.1, -0.05) is 43.3 Å². The Morgan fingerprint density at radius 2 is 1.66 bits per heavy atom. The van der Waals surface area contributed by atoms with E-state index in [0.717, 1.165) is 77.8 Å². The van der Waals surface area contributed by atoms with E-state index in [4.69, 9.17) is 15.2 Å². The van der Waals surface area contributed by atoms with E-state index in [1.807, 2.05) is 73.9 Å². The summed E-state index contributed by atoms with van der Waals surface area (Å²) in [6, 6.07) is 19.4. The van der Waals surface area contributed by atoms with Gasteiger partial charge in [-0.05, 0) is 37.6 Å². The Morgan fingerprint density at radius 3 is 2.46 bits per heavy atom. The quantitative estimate of drug-likeness (QED) is 0.210. The lowest BCUT2D eigenvalue weighted by molar-refractivity contribution is -0.131. The van der Waals surface area contributed by atoms with Gasteiger partial charge in [-0.2, -0.15) is 5.26 Å². The first-order chi connectivity index (χ1) is 27.2. The summed E-state index contributed by atoms with van der Waals surface area (Å²) < 4.78 is 0. The Balaban J connectivity index is 0.000000169. The number of rotatable bonds is 6. The van der Waals surface area contributed by atoms with Crippen molar-refractivity contribution in [2.24, 2.45) is 5.92 Å². The van der Waals surface area contributed by atoms with Crippen LogP contribution in [0.1, 0.15) is 31.0 Å². The highest BCUT2D eigenvalue weighted by molar-refractivity contribution is 6.50. The van der Waals surface area contributed by atoms with E-state index in [2.05, 4.69) is 53.9 Å². The lowest BCUT2D eigenvalue weighted by Gasteiger charge is -2.42. The second kappa shape index (κ2) is 15.2. The van der Waals surface area contributed by atoms with Gasteiger partial charge in [0.05, 0.1) is 39.9 Å². The number of piperazine rings is 1. The van der Waals surface area contributed by atoms with Gasteiger partial charge in [0.1, 0.15) is 24.2 Å². The Bertz CT molecular complexity index is 2540. The minimum Gasteiger partial charge on any atom is -0.361 e. The molecule has 9 rings (SSSR count). The lowest BCUT2D eigenvalue weighted by Crippen LogP contribution is -2.52. The number of carbonyl (C=O) groups excluding carboxylic acids is 3. The van der Waals surface area contributed by atoms with Crippen LogP contribution in [0.15, 0.2) is 73.3 Å². The van der Waals surface area contributed by atoms with Crippen LogP contribution in [-0.4, -0.2) is 117 Å². The zero-order chi connectivity index (χ0) is 38.9. The number of amides is 3. The molecule has 284 valence electrons. The van der Waals surface area contributed by atoms with Crippen molar-refractivity contribution in [1.29, 1.82) is 5.26 Å². The van der Waals surface area contributed by atoms with Crippen molar-refractivity contribution in [3.05, 3.63) is 84.6 Å². The normalized spacial score (nSPS) is 19.0. The third-order valence-electron chi connectivity index (χ3n) is 11.1. The van der Waals surface area contributed by atoms with Crippen LogP contribution in [0.4, 0.5) is 11.8 Å². The molecule has 0 saturated carbocycles. The summed E-state index contributed by atoms with van der Waals surface area (Å²) >= 11 is 0. The number of fused-ring (bicyclic) bond motifs is 3. The molecule has 2 aromatic carbocycles. The number of likely N-dealkylation sites (tertiary alicyclic amines) is 1. The third kappa shape index (κ3) is 6.79. The van der Waals surface area contributed by atoms with Crippen molar-refractivity contribution in [3.8, 4) is 6.07 Å². The number of carbonyl (C=O) groups is 3. The third-order valence-corrected chi connectivity index (χ3v) is 11.1. The number of aromatic nitrogens is 6. The molecule has 0 bridgehead atoms. The molecule has 2 saturated heterocycles. The van der Waals surface area contributed by atoms with E-state index < -0.39 is 11.8 Å². The van der Waals surface area contributed by atoms with Crippen LogP contribution in [0.5, 0.6) is 0 Å². The van der Waals surface area contributed by atoms with Crippen molar-refractivity contribution >= 4 is 73.5 Å². The molecule has 0 unspecified atom stereocenters. The highest BCUT2D eigenvalue weighted by atomic mass is 16.2. The molecule has 3 aliphatic rings. The fourth-order valence-electron chi connectivity index (χ4n) is 7.88. The predicted octanol–water partition coefficient (Wildman–Crippen LogP) is 3.97. The summed E-state index contributed by atoms with van der Waals surface area (Å²) in [5, 5.41) is 13.8. The van der Waals surface area contributed by atoms with E-state index in [9.17, 15) is 14.4 Å². The van der Waals surface area contributed by atoms with Gasteiger partial charge in [-0.15, -0.1) is 0 Å². The molecule has 3 N–H and O–H groups in total. The second-order valence-corrected chi connectivity index (χ2v) is 14.5. The van der Waals surface area contributed by atoms with E-state index in [1.165, 1.54) is 0 Å². The zero-order valence-electron chi connectivity index (χ0n) is 31.5. The van der Waals surface area contributed by atoms with Gasteiger partial charge >= 0.3 is 0 Å². The number of imide groups is 1. The molecule has 4 aromatic heterocycles. The highest BCUT2D eigenvalue weighted by Crippen LogP contribution is 2.37. The highest BCUT2D eigenvalue weighted by Gasteiger charge is 2.36. The first-order valence-corrected chi connectivity index (χ1v) is 18.7. The molecule has 6 aromatic rings. The van der Waals surface area contributed by atoms with E-state index in [-0.39, 0.29) is 18.4 Å². The summed E-state index contributed by atoms with van der Waals surface area (Å²) in [6.07, 6.45) is 6.05. The molecule has 0 spiro atoms. The second-order valence-electron chi connectivity index (χ2n) is 14.5. The molecule has 3 aliphatic heterocycles. The largest absolute Gasteiger partial charge is 0.361 e. The van der Waals surface area contributed by atoms with Gasteiger partial charge < -0.3 is 29.6 Å². The lowest BCUT2D eigenvalue weighted by atomic mass is 9.92. The molecule has 15 nitrogen and oxygen atoms in total. The van der Waals surface area contributed by atoms with Crippen molar-refractivity contribution in [1.82, 2.24) is 45.0 Å². The molecule has 56 heavy (non-hydrogen) atoms. The van der Waals surface area contributed by atoms with Crippen LogP contribution in [-0.2, 0) is 14.4 Å². The van der Waals surface area contributed by atoms with Crippen molar-refractivity contribution in [2.75, 3.05) is 63.2 Å². The molecule has 15 heteroatoms. The molecular weight excluding hydrogens is 709 g/mol. The summed E-state index contributed by atoms with van der Waals surface area (Å²) in [5.41, 5.74) is 4.25. The van der Waals surface area contributed by atoms with Crippen molar-refractivity contribution in [2.45, 2.75) is 25.8 Å². The number of H-pyrrole nitrogens is 2. The van der Waals surface area contributed by atoms with Gasteiger partial charge in [-0.25, -0.2) is 19.9 Å². The number of nitriles is 1. The zero-order valence-corrected chi connectivity index (χ0v) is 31.5. The van der Waals surface area contributed by atoms with E-state index in [1.54, 1.807) is 17.4 Å². The van der Waals surface area contributed by atoms with Gasteiger partial charge in [0.25, 0.3) is 11.8 Å². The van der Waals surface area contributed by atoms with Gasteiger partial charge in [-0.3, -0.25) is 19.7 Å². The number of aromatic amines is 2. The van der Waals surface area contributed by atoms with E-state index >= 15 is 0 Å². The number of para-hydroxylation sites is 2. The first kappa shape index (κ1) is 36.3. The standard InChI is InChI=1S/C25H22N6O2.C16H20N6O/c1-30-10-12-31(13-11-30)25-27-19-9-5-3-7-16(19)22(28-25)21-20(23(32)29-24(21)33)17-14-26-18-8-4-2-6-15(17)18;1-11-5-8-22(14(23)3-6-17)9-13(11)21(2)16-12-4-7-18-15(12)19-10-20-16/h2-9,14,26H,10-13H2,1H3,(H,29,32,33);4,7,10-11,13H,3,5,8-9H2,1-2H3,(H,18,19,20)/t;11-,13+/m.1/s1. The molecule has 7 heterocycles. The van der Waals surface area contributed by atoms with Crippen LogP contribution in [0.25, 0.3) is 44.0 Å². The Kier molecular flexibility index (Phi) is 9.88. The summed E-state index contributed by atoms with van der Waals surface area (Å²) in [6.45, 7) is 6.95. The molecule has 2 atom stereocenters. The minimum absolute atomic E-state index is 0.0552. The fourth-order valence-corrected chi connectivity index (χ4v) is 7.88. The van der Waals surface area contributed by atoms with Crippen LogP contribution >= 0.6 is 0 Å². The monoisotopic (exact) mass is 750 g/mol. The van der Waals surface area contributed by atoms with Crippen LogP contribution in [0, 0.1) is 17.2 Å². The summed E-state index contributed by atoms with van der Waals surface area (Å²) in [7, 11) is 4.10. The average molecular weight is 751 g/mol. The summed E-state index contributed by atoms with van der Waals surface area (Å²) in [5.74, 6) is 0.942. The van der Waals surface area contributed by atoms with Crippen LogP contribution in [0.2, 0.25) is 0 Å². The number of nitrogens with one attached hydrogen (secondary N) is 3. The maximum absolute atomic E-state index is 13.1. The van der Waals surface area contributed by atoms with Crippen molar-refractivity contribution < 1.29 is 14.4 Å². The molecule has 2 fully saturated rings. The SMILES string of the molecule is CN1CCN(c2nc(C3=C(c4c[nH]c5ccccc45)C(=O)NC3=O)c3ccccc3n2)CC1.C[C@@H]1CCN(C(=O)CC#N)C[C@@H]1N(C)c1ncnc2[nH]ccc12. The Morgan fingerprint density at radius 1 is 0.911 bits per heavy atom. The van der Waals surface area contributed by atoms with Gasteiger partial charge in [0.2, 0.25) is 11.9 Å². The Hall–Kier alpha value is -6.66. The number of hydrogen-bond acceptors (Lipinski definition) is 11. The Labute approximate surface area is 323 Å². The maximum Gasteiger partial charge on any atom is 0.261 e. The average Bonchev–Trinajstić information content (AvgIpc) is 3.94. The number of benzene rings is 2. The van der Waals surface area contributed by atoms with Crippen molar-refractivity contribution in [3.63, 3.8) is 0 Å². The molecule has 0 aliphatic carbocycles. The van der Waals surface area contributed by atoms with Crippen LogP contribution in [0.3, 0.4) is 0 Å². The fraction of sp³-hybridized carbons (Fsp3) is 0.317. The maximum atomic E-state index is 13.1. The number of hydrogen-bond donors (Lipinski definition) is 3. The minimum atomic E-state index is -0.437. The van der Waals surface area contributed by atoms with Gasteiger partial charge in [0, 0.05) is 80.6 Å². The smallest absolute Gasteiger partial charge is 0.261 e. The summed E-state index contributed by atoms with van der Waals surface area (Å²) in [4.78, 5) is 71.1. The molecule has 3 amide bonds. The number of nitrogens with zero attached hydrogens (tertiary/aromatic N) is 9. The van der Waals surface area contributed by atoms with Gasteiger partial charge in [0.15, 0.2) is 0 Å².